The maximum Gasteiger partial charge on any atom is 0.173 e. The first kappa shape index (κ1) is 13.1. The van der Waals surface area contributed by atoms with Crippen LogP contribution in [0.15, 0.2) is 36.9 Å². The minimum atomic E-state index is -0.733. The third-order valence-corrected chi connectivity index (χ3v) is 3.30. The van der Waals surface area contributed by atoms with Gasteiger partial charge in [-0.1, -0.05) is 18.2 Å². The smallest absolute Gasteiger partial charge is 0.173 e. The summed E-state index contributed by atoms with van der Waals surface area (Å²) in [7, 11) is 1.62. The Labute approximate surface area is 107 Å². The van der Waals surface area contributed by atoms with Gasteiger partial charge < -0.3 is 19.3 Å². The van der Waals surface area contributed by atoms with E-state index < -0.39 is 11.7 Å². The summed E-state index contributed by atoms with van der Waals surface area (Å²) in [6.07, 6.45) is 1.19. The fraction of sp³-hybridized carbons (Fsp3) is 0.429. The third kappa shape index (κ3) is 2.14. The summed E-state index contributed by atoms with van der Waals surface area (Å²) < 4.78 is 16.2. The van der Waals surface area contributed by atoms with Gasteiger partial charge in [-0.25, -0.2) is 0 Å². The lowest BCUT2D eigenvalue weighted by Crippen LogP contribution is -2.41. The first-order valence-electron chi connectivity index (χ1n) is 5.89. The predicted octanol–water partition coefficient (Wildman–Crippen LogP) is 1.48. The van der Waals surface area contributed by atoms with Crippen molar-refractivity contribution in [3.05, 3.63) is 42.5 Å². The molecule has 0 saturated carbocycles. The fourth-order valence-corrected chi connectivity index (χ4v) is 2.14. The van der Waals surface area contributed by atoms with Crippen LogP contribution in [0.2, 0.25) is 0 Å². The van der Waals surface area contributed by atoms with Crippen LogP contribution in [0.3, 0.4) is 0 Å². The molecule has 1 N–H and O–H groups in total. The Balaban J connectivity index is 2.35. The highest BCUT2D eigenvalue weighted by atomic mass is 16.7. The van der Waals surface area contributed by atoms with Crippen molar-refractivity contribution in [2.45, 2.75) is 11.7 Å². The van der Waals surface area contributed by atoms with Crippen LogP contribution in [0, 0.1) is 0 Å². The van der Waals surface area contributed by atoms with E-state index in [2.05, 4.69) is 6.58 Å². The van der Waals surface area contributed by atoms with E-state index in [1.807, 2.05) is 24.3 Å². The van der Waals surface area contributed by atoms with Crippen LogP contribution in [-0.2, 0) is 14.9 Å². The first-order chi connectivity index (χ1) is 8.76. The Kier molecular flexibility index (Phi) is 4.01. The molecule has 0 aromatic heterocycles. The number of rotatable bonds is 5. The fourth-order valence-electron chi connectivity index (χ4n) is 2.14. The Morgan fingerprint density at radius 2 is 2.00 bits per heavy atom. The van der Waals surface area contributed by atoms with Crippen molar-refractivity contribution < 1.29 is 19.3 Å². The minimum absolute atomic E-state index is 0.118. The van der Waals surface area contributed by atoms with E-state index in [4.69, 9.17) is 14.2 Å². The lowest BCUT2D eigenvalue weighted by atomic mass is 9.80. The number of ether oxygens (including phenoxy) is 3. The normalized spacial score (nSPS) is 19.4. The van der Waals surface area contributed by atoms with Crippen molar-refractivity contribution in [1.29, 1.82) is 0 Å². The Morgan fingerprint density at radius 1 is 1.39 bits per heavy atom. The Morgan fingerprint density at radius 3 is 2.44 bits per heavy atom. The molecule has 98 valence electrons. The van der Waals surface area contributed by atoms with Crippen LogP contribution in [-0.4, -0.2) is 38.3 Å². The number of aliphatic hydroxyl groups is 1. The zero-order chi connectivity index (χ0) is 13.0. The van der Waals surface area contributed by atoms with E-state index in [-0.39, 0.29) is 6.61 Å². The van der Waals surface area contributed by atoms with E-state index in [1.165, 1.54) is 0 Å². The molecule has 1 aliphatic heterocycles. The molecule has 1 atom stereocenters. The molecule has 1 saturated heterocycles. The summed E-state index contributed by atoms with van der Waals surface area (Å²) in [5.74, 6) is 0.767. The summed E-state index contributed by atoms with van der Waals surface area (Å²) in [5.41, 5.74) is 0.163. The number of hydrogen-bond donors (Lipinski definition) is 1. The van der Waals surface area contributed by atoms with Gasteiger partial charge in [0, 0.05) is 0 Å². The molecular weight excluding hydrogens is 232 g/mol. The highest BCUT2D eigenvalue weighted by Gasteiger charge is 2.41. The van der Waals surface area contributed by atoms with Crippen LogP contribution < -0.4 is 4.74 Å². The summed E-state index contributed by atoms with van der Waals surface area (Å²) in [4.78, 5) is 0. The summed E-state index contributed by atoms with van der Waals surface area (Å²) in [6.45, 7) is 4.77. The second-order valence-corrected chi connectivity index (χ2v) is 4.20. The van der Waals surface area contributed by atoms with E-state index in [0.717, 1.165) is 11.3 Å². The van der Waals surface area contributed by atoms with Gasteiger partial charge in [0.1, 0.15) is 5.75 Å². The van der Waals surface area contributed by atoms with Gasteiger partial charge >= 0.3 is 0 Å². The molecular formula is C14H18O4. The first-order valence-corrected chi connectivity index (χ1v) is 5.89. The van der Waals surface area contributed by atoms with Gasteiger partial charge in [-0.05, 0) is 17.7 Å². The van der Waals surface area contributed by atoms with Gasteiger partial charge in [-0.15, -0.1) is 6.58 Å². The molecule has 4 heteroatoms. The molecule has 2 rings (SSSR count). The standard InChI is InChI=1S/C14H18O4/c1-3-14(10-15,13-17-8-9-18-13)11-4-6-12(16-2)7-5-11/h3-7,13,15H,1,8-10H2,2H3/t14-/m0/s1. The summed E-state index contributed by atoms with van der Waals surface area (Å²) in [6, 6.07) is 7.47. The van der Waals surface area contributed by atoms with Crippen LogP contribution >= 0.6 is 0 Å². The number of aliphatic hydroxyl groups excluding tert-OH is 1. The Bertz CT molecular complexity index is 395. The maximum absolute atomic E-state index is 9.75. The van der Waals surface area contributed by atoms with Crippen LogP contribution in [0.1, 0.15) is 5.56 Å². The lowest BCUT2D eigenvalue weighted by Gasteiger charge is -2.33. The quantitative estimate of drug-likeness (QED) is 0.804. The third-order valence-electron chi connectivity index (χ3n) is 3.30. The summed E-state index contributed by atoms with van der Waals surface area (Å²) >= 11 is 0. The molecule has 1 aromatic carbocycles. The zero-order valence-electron chi connectivity index (χ0n) is 10.5. The molecule has 1 aliphatic rings. The van der Waals surface area contributed by atoms with E-state index in [9.17, 15) is 5.11 Å². The number of methoxy groups -OCH3 is 1. The molecule has 0 radical (unpaired) electrons. The van der Waals surface area contributed by atoms with E-state index in [1.54, 1.807) is 13.2 Å². The highest BCUT2D eigenvalue weighted by Crippen LogP contribution is 2.34. The van der Waals surface area contributed by atoms with Crippen molar-refractivity contribution >= 4 is 0 Å². The van der Waals surface area contributed by atoms with Crippen LogP contribution in [0.5, 0.6) is 5.75 Å². The SMILES string of the molecule is C=C[C@](CO)(c1ccc(OC)cc1)C1OCCO1. The number of hydrogen-bond acceptors (Lipinski definition) is 4. The molecule has 0 amide bonds. The van der Waals surface area contributed by atoms with Gasteiger partial charge in [0.2, 0.25) is 0 Å². The van der Waals surface area contributed by atoms with Crippen molar-refractivity contribution in [2.75, 3.05) is 26.9 Å². The Hall–Kier alpha value is -1.36. The topological polar surface area (TPSA) is 47.9 Å². The average Bonchev–Trinajstić information content (AvgIpc) is 2.96. The molecule has 1 aromatic rings. The molecule has 18 heavy (non-hydrogen) atoms. The van der Waals surface area contributed by atoms with E-state index in [0.29, 0.717) is 13.2 Å². The largest absolute Gasteiger partial charge is 0.497 e. The molecule has 0 bridgehead atoms. The lowest BCUT2D eigenvalue weighted by molar-refractivity contribution is -0.0971. The zero-order valence-corrected chi connectivity index (χ0v) is 10.5. The molecule has 0 unspecified atom stereocenters. The van der Waals surface area contributed by atoms with Gasteiger partial charge in [0.15, 0.2) is 6.29 Å². The molecule has 0 aliphatic carbocycles. The van der Waals surface area contributed by atoms with Gasteiger partial charge in [0.05, 0.1) is 32.3 Å². The van der Waals surface area contributed by atoms with Gasteiger partial charge in [-0.2, -0.15) is 0 Å². The average molecular weight is 250 g/mol. The second kappa shape index (κ2) is 5.52. The minimum Gasteiger partial charge on any atom is -0.497 e. The monoisotopic (exact) mass is 250 g/mol. The van der Waals surface area contributed by atoms with Crippen molar-refractivity contribution in [2.24, 2.45) is 0 Å². The maximum atomic E-state index is 9.75. The van der Waals surface area contributed by atoms with E-state index >= 15 is 0 Å². The molecule has 4 nitrogen and oxygen atoms in total. The van der Waals surface area contributed by atoms with Gasteiger partial charge in [-0.3, -0.25) is 0 Å². The molecule has 1 heterocycles. The number of benzene rings is 1. The summed E-state index contributed by atoms with van der Waals surface area (Å²) in [5, 5.41) is 9.75. The predicted molar refractivity (Wildman–Crippen MR) is 67.6 cm³/mol. The van der Waals surface area contributed by atoms with Crippen molar-refractivity contribution in [3.63, 3.8) is 0 Å². The second-order valence-electron chi connectivity index (χ2n) is 4.20. The van der Waals surface area contributed by atoms with Crippen molar-refractivity contribution in [3.8, 4) is 5.75 Å². The van der Waals surface area contributed by atoms with Crippen molar-refractivity contribution in [1.82, 2.24) is 0 Å². The van der Waals surface area contributed by atoms with Gasteiger partial charge in [0.25, 0.3) is 0 Å². The molecule has 1 fully saturated rings. The van der Waals surface area contributed by atoms with Crippen LogP contribution in [0.25, 0.3) is 0 Å². The highest BCUT2D eigenvalue weighted by molar-refractivity contribution is 5.36. The molecule has 0 spiro atoms. The van der Waals surface area contributed by atoms with Crippen LogP contribution in [0.4, 0.5) is 0 Å².